The predicted octanol–water partition coefficient (Wildman–Crippen LogP) is 2.08. The lowest BCUT2D eigenvalue weighted by atomic mass is 10.2. The minimum atomic E-state index is 0.580. The third-order valence-corrected chi connectivity index (χ3v) is 2.76. The van der Waals surface area contributed by atoms with Gasteiger partial charge in [-0.1, -0.05) is 13.0 Å². The number of aromatic nitrogens is 2. The van der Waals surface area contributed by atoms with Crippen LogP contribution in [0.1, 0.15) is 25.2 Å². The standard InChI is InChI=1S/C12H17N3/c1-3-12-14-10-7-9(8-13)5-6-11(10)15(12)4-2/h5-7H,3-4,8,13H2,1-2H3. The molecule has 2 N–H and O–H groups in total. The quantitative estimate of drug-likeness (QED) is 0.830. The molecule has 15 heavy (non-hydrogen) atoms. The van der Waals surface area contributed by atoms with Crippen LogP contribution in [0.5, 0.6) is 0 Å². The summed E-state index contributed by atoms with van der Waals surface area (Å²) in [5, 5.41) is 0. The summed E-state index contributed by atoms with van der Waals surface area (Å²) in [6.07, 6.45) is 0.973. The zero-order chi connectivity index (χ0) is 10.8. The van der Waals surface area contributed by atoms with E-state index in [1.165, 1.54) is 5.52 Å². The Balaban J connectivity index is 2.65. The van der Waals surface area contributed by atoms with Crippen LogP contribution in [0, 0.1) is 0 Å². The highest BCUT2D eigenvalue weighted by molar-refractivity contribution is 5.76. The number of nitrogens with zero attached hydrogens (tertiary/aromatic N) is 2. The SMILES string of the molecule is CCc1nc2cc(CN)ccc2n1CC. The number of nitrogens with two attached hydrogens (primary N) is 1. The van der Waals surface area contributed by atoms with Crippen LogP contribution in [-0.4, -0.2) is 9.55 Å². The van der Waals surface area contributed by atoms with Gasteiger partial charge in [0.15, 0.2) is 0 Å². The fourth-order valence-corrected chi connectivity index (χ4v) is 1.97. The molecule has 1 aromatic heterocycles. The minimum Gasteiger partial charge on any atom is -0.328 e. The molecule has 0 aliphatic carbocycles. The summed E-state index contributed by atoms with van der Waals surface area (Å²) in [6, 6.07) is 6.28. The minimum absolute atomic E-state index is 0.580. The summed E-state index contributed by atoms with van der Waals surface area (Å²) in [5.41, 5.74) is 9.04. The van der Waals surface area contributed by atoms with Crippen LogP contribution in [0.3, 0.4) is 0 Å². The Kier molecular flexibility index (Phi) is 2.73. The molecule has 0 fully saturated rings. The zero-order valence-electron chi connectivity index (χ0n) is 9.33. The summed E-state index contributed by atoms with van der Waals surface area (Å²) in [6.45, 7) is 5.84. The molecule has 3 nitrogen and oxygen atoms in total. The highest BCUT2D eigenvalue weighted by Gasteiger charge is 2.07. The first-order chi connectivity index (χ1) is 7.30. The molecule has 0 aliphatic heterocycles. The monoisotopic (exact) mass is 203 g/mol. The Hall–Kier alpha value is -1.35. The molecule has 0 amide bonds. The van der Waals surface area contributed by atoms with Crippen molar-refractivity contribution in [3.05, 3.63) is 29.6 Å². The van der Waals surface area contributed by atoms with Crippen LogP contribution in [-0.2, 0) is 19.5 Å². The van der Waals surface area contributed by atoms with Gasteiger partial charge in [-0.15, -0.1) is 0 Å². The third kappa shape index (κ3) is 1.63. The lowest BCUT2D eigenvalue weighted by Gasteiger charge is -2.03. The van der Waals surface area contributed by atoms with Crippen LogP contribution in [0.15, 0.2) is 18.2 Å². The van der Waals surface area contributed by atoms with Gasteiger partial charge in [0, 0.05) is 19.5 Å². The first kappa shape index (κ1) is 10.2. The molecule has 0 bridgehead atoms. The molecule has 0 saturated heterocycles. The first-order valence-electron chi connectivity index (χ1n) is 5.48. The van der Waals surface area contributed by atoms with E-state index >= 15 is 0 Å². The fourth-order valence-electron chi connectivity index (χ4n) is 1.97. The number of imidazole rings is 1. The zero-order valence-corrected chi connectivity index (χ0v) is 9.33. The molecule has 0 radical (unpaired) electrons. The van der Waals surface area contributed by atoms with E-state index in [4.69, 9.17) is 5.73 Å². The summed E-state index contributed by atoms with van der Waals surface area (Å²) in [5.74, 6) is 1.15. The predicted molar refractivity (Wildman–Crippen MR) is 62.7 cm³/mol. The van der Waals surface area contributed by atoms with Crippen molar-refractivity contribution in [3.8, 4) is 0 Å². The van der Waals surface area contributed by atoms with Gasteiger partial charge in [0.1, 0.15) is 5.82 Å². The van der Waals surface area contributed by atoms with Gasteiger partial charge >= 0.3 is 0 Å². The van der Waals surface area contributed by atoms with E-state index in [1.807, 2.05) is 0 Å². The Morgan fingerprint density at radius 1 is 1.33 bits per heavy atom. The summed E-state index contributed by atoms with van der Waals surface area (Å²) < 4.78 is 2.26. The number of rotatable bonds is 3. The van der Waals surface area contributed by atoms with Crippen molar-refractivity contribution in [2.75, 3.05) is 0 Å². The average Bonchev–Trinajstić information content (AvgIpc) is 2.65. The number of hydrogen-bond donors (Lipinski definition) is 1. The molecule has 2 rings (SSSR count). The third-order valence-electron chi connectivity index (χ3n) is 2.76. The Morgan fingerprint density at radius 2 is 2.13 bits per heavy atom. The Morgan fingerprint density at radius 3 is 2.73 bits per heavy atom. The second-order valence-corrected chi connectivity index (χ2v) is 3.65. The van der Waals surface area contributed by atoms with Crippen LogP contribution in [0.2, 0.25) is 0 Å². The van der Waals surface area contributed by atoms with E-state index in [0.29, 0.717) is 6.54 Å². The number of fused-ring (bicyclic) bond motifs is 1. The maximum Gasteiger partial charge on any atom is 0.109 e. The van der Waals surface area contributed by atoms with Gasteiger partial charge in [-0.25, -0.2) is 4.98 Å². The summed E-state index contributed by atoms with van der Waals surface area (Å²) >= 11 is 0. The van der Waals surface area contributed by atoms with Crippen molar-refractivity contribution in [2.45, 2.75) is 33.4 Å². The molecule has 0 atom stereocenters. The van der Waals surface area contributed by atoms with Crippen molar-refractivity contribution in [1.29, 1.82) is 0 Å². The fraction of sp³-hybridized carbons (Fsp3) is 0.417. The average molecular weight is 203 g/mol. The highest BCUT2D eigenvalue weighted by atomic mass is 15.1. The Labute approximate surface area is 89.9 Å². The normalized spacial score (nSPS) is 11.1. The van der Waals surface area contributed by atoms with E-state index < -0.39 is 0 Å². The van der Waals surface area contributed by atoms with Crippen LogP contribution in [0.4, 0.5) is 0 Å². The molecule has 3 heteroatoms. The van der Waals surface area contributed by atoms with Gasteiger partial charge in [-0.2, -0.15) is 0 Å². The molecule has 1 heterocycles. The van der Waals surface area contributed by atoms with Gasteiger partial charge in [-0.05, 0) is 24.6 Å². The van der Waals surface area contributed by atoms with Crippen LogP contribution >= 0.6 is 0 Å². The van der Waals surface area contributed by atoms with Gasteiger partial charge in [0.2, 0.25) is 0 Å². The van der Waals surface area contributed by atoms with E-state index in [-0.39, 0.29) is 0 Å². The molecule has 0 aliphatic rings. The van der Waals surface area contributed by atoms with E-state index in [1.54, 1.807) is 0 Å². The van der Waals surface area contributed by atoms with E-state index in [2.05, 4.69) is 41.6 Å². The van der Waals surface area contributed by atoms with E-state index in [0.717, 1.165) is 29.9 Å². The van der Waals surface area contributed by atoms with Gasteiger partial charge < -0.3 is 10.3 Å². The summed E-state index contributed by atoms with van der Waals surface area (Å²) in [7, 11) is 0. The van der Waals surface area contributed by atoms with Gasteiger partial charge in [-0.3, -0.25) is 0 Å². The van der Waals surface area contributed by atoms with Gasteiger partial charge in [0.25, 0.3) is 0 Å². The molecule has 0 spiro atoms. The molecular formula is C12H17N3. The molecular weight excluding hydrogens is 186 g/mol. The number of hydrogen-bond acceptors (Lipinski definition) is 2. The lowest BCUT2D eigenvalue weighted by Crippen LogP contribution is -2.00. The molecule has 2 aromatic rings. The van der Waals surface area contributed by atoms with Crippen molar-refractivity contribution in [2.24, 2.45) is 5.73 Å². The van der Waals surface area contributed by atoms with E-state index in [9.17, 15) is 0 Å². The largest absolute Gasteiger partial charge is 0.328 e. The topological polar surface area (TPSA) is 43.8 Å². The molecule has 1 aromatic carbocycles. The Bertz CT molecular complexity index is 471. The molecule has 80 valence electrons. The van der Waals surface area contributed by atoms with Crippen LogP contribution < -0.4 is 5.73 Å². The highest BCUT2D eigenvalue weighted by Crippen LogP contribution is 2.18. The maximum absolute atomic E-state index is 5.62. The second-order valence-electron chi connectivity index (χ2n) is 3.65. The summed E-state index contributed by atoms with van der Waals surface area (Å²) in [4.78, 5) is 4.62. The van der Waals surface area contributed by atoms with Crippen LogP contribution in [0.25, 0.3) is 11.0 Å². The van der Waals surface area contributed by atoms with Crippen molar-refractivity contribution in [3.63, 3.8) is 0 Å². The smallest absolute Gasteiger partial charge is 0.109 e. The second kappa shape index (κ2) is 4.03. The molecule has 0 unspecified atom stereocenters. The van der Waals surface area contributed by atoms with Gasteiger partial charge in [0.05, 0.1) is 11.0 Å². The number of benzene rings is 1. The van der Waals surface area contributed by atoms with Crippen molar-refractivity contribution >= 4 is 11.0 Å². The number of aryl methyl sites for hydroxylation is 2. The maximum atomic E-state index is 5.62. The van der Waals surface area contributed by atoms with Crippen molar-refractivity contribution < 1.29 is 0 Å². The molecule has 0 saturated carbocycles. The lowest BCUT2D eigenvalue weighted by molar-refractivity contribution is 0.726. The first-order valence-corrected chi connectivity index (χ1v) is 5.48. The van der Waals surface area contributed by atoms with Crippen molar-refractivity contribution in [1.82, 2.24) is 9.55 Å².